The molecule has 5 nitrogen and oxygen atoms in total. The second-order valence-electron chi connectivity index (χ2n) is 13.2. The summed E-state index contributed by atoms with van der Waals surface area (Å²) in [6.45, 7) is 20.2. The van der Waals surface area contributed by atoms with Crippen molar-refractivity contribution >= 4 is 25.2 Å². The molecule has 1 fully saturated rings. The first-order valence-electron chi connectivity index (χ1n) is 14.7. The van der Waals surface area contributed by atoms with Gasteiger partial charge in [-0.1, -0.05) is 61.3 Å². The Bertz CT molecular complexity index is 1570. The van der Waals surface area contributed by atoms with Crippen molar-refractivity contribution in [3.05, 3.63) is 94.0 Å². The molecule has 0 aromatic heterocycles. The van der Waals surface area contributed by atoms with E-state index in [0.717, 1.165) is 63.2 Å². The molecule has 5 aliphatic rings. The zero-order valence-corrected chi connectivity index (χ0v) is 26.8. The lowest BCUT2D eigenvalue weighted by Gasteiger charge is -2.38. The van der Waals surface area contributed by atoms with Crippen LogP contribution in [0.5, 0.6) is 0 Å². The highest BCUT2D eigenvalue weighted by Crippen LogP contribution is 2.42. The molecule has 0 aromatic rings. The van der Waals surface area contributed by atoms with Gasteiger partial charge in [0, 0.05) is 22.4 Å². The first kappa shape index (κ1) is 28.8. The first-order chi connectivity index (χ1) is 19.3. The summed E-state index contributed by atoms with van der Waals surface area (Å²) in [5.41, 5.74) is 14.2. The summed E-state index contributed by atoms with van der Waals surface area (Å²) in [7, 11) is -1.91. The number of aliphatic hydroxyl groups is 1. The van der Waals surface area contributed by atoms with E-state index in [1.165, 1.54) is 0 Å². The molecule has 5 rings (SSSR count). The zero-order valence-electron chi connectivity index (χ0n) is 25.8. The van der Waals surface area contributed by atoms with Crippen LogP contribution in [0.3, 0.4) is 0 Å². The molecule has 2 N–H and O–H groups in total. The summed E-state index contributed by atoms with van der Waals surface area (Å²) in [6.07, 6.45) is 17.1. The topological polar surface area (TPSA) is 69.3 Å². The molecule has 0 spiro atoms. The van der Waals surface area contributed by atoms with Crippen molar-refractivity contribution in [3.8, 4) is 11.5 Å². The molecule has 8 bridgehead atoms. The molecule has 0 unspecified atom stereocenters. The lowest BCUT2D eigenvalue weighted by atomic mass is 9.87. The molecule has 5 heterocycles. The molecule has 0 aliphatic carbocycles. The minimum absolute atomic E-state index is 0.106. The number of aliphatic imine (C=N–C) groups is 3. The highest BCUT2D eigenvalue weighted by atomic mass is 28.3. The van der Waals surface area contributed by atoms with Crippen LogP contribution in [0.2, 0.25) is 16.6 Å². The molecule has 212 valence electrons. The van der Waals surface area contributed by atoms with Crippen molar-refractivity contribution in [2.24, 2.45) is 20.4 Å². The second-order valence-corrected chi connectivity index (χ2v) is 18.8. The van der Waals surface area contributed by atoms with Crippen LogP contribution in [0.15, 0.2) is 109 Å². The van der Waals surface area contributed by atoms with Gasteiger partial charge in [-0.05, 0) is 78.6 Å². The van der Waals surface area contributed by atoms with Crippen LogP contribution in [-0.2, 0) is 0 Å². The minimum Gasteiger partial charge on any atom is -0.512 e. The summed E-state index contributed by atoms with van der Waals surface area (Å²) in [6, 6.07) is 0. The lowest BCUT2D eigenvalue weighted by Crippen LogP contribution is -2.43. The highest BCUT2D eigenvalue weighted by Gasteiger charge is 2.42. The van der Waals surface area contributed by atoms with Gasteiger partial charge >= 0.3 is 0 Å². The van der Waals surface area contributed by atoms with Crippen LogP contribution in [0.1, 0.15) is 68.7 Å². The largest absolute Gasteiger partial charge is 0.512 e. The fourth-order valence-electron chi connectivity index (χ4n) is 6.71. The van der Waals surface area contributed by atoms with Gasteiger partial charge in [0.25, 0.3) is 0 Å². The highest BCUT2D eigenvalue weighted by molar-refractivity contribution is 6.90. The van der Waals surface area contributed by atoms with Crippen LogP contribution in [-0.4, -0.2) is 30.3 Å². The Morgan fingerprint density at radius 2 is 1.56 bits per heavy atom. The molecular formula is C35H42N4OSi. The standard InChI is InChI=1S/C35H42N4OSi/c1-21(2)41(22(3)4,23(5)6)13-12-25-14-28-19-34-35(8,9)20-30(39-34)18-33-31(24(7)40)16-29(38-33)15-26-10-11-27(36-26)17-32(25)37-28/h10-11,14-19,21-23,39-40H,20H2,1-9H3/b26-15?,30-18?,31-24-,32-17?,34-19?. The average Bonchev–Trinajstić information content (AvgIpc) is 3.62. The maximum atomic E-state index is 10.4. The van der Waals surface area contributed by atoms with Gasteiger partial charge in [0.2, 0.25) is 0 Å². The third-order valence-corrected chi connectivity index (χ3v) is 15.1. The molecule has 0 atom stereocenters. The van der Waals surface area contributed by atoms with Crippen molar-refractivity contribution in [2.75, 3.05) is 0 Å². The SMILES string of the molecule is C/C(O)=C1\C=C2C=C3C=CC(=N3)C=C3N=C(C=C3C#C[Si](C(C)C)(C(C)C)C(C)C)C=C3NC(=CC1=N2)CC3(C)C. The van der Waals surface area contributed by atoms with Gasteiger partial charge in [0.1, 0.15) is 8.07 Å². The predicted octanol–water partition coefficient (Wildman–Crippen LogP) is 8.34. The van der Waals surface area contributed by atoms with Crippen molar-refractivity contribution in [3.63, 3.8) is 0 Å². The number of rotatable bonds is 3. The van der Waals surface area contributed by atoms with E-state index in [1.807, 2.05) is 36.5 Å². The van der Waals surface area contributed by atoms with E-state index in [9.17, 15) is 5.11 Å². The second kappa shape index (κ2) is 10.6. The van der Waals surface area contributed by atoms with E-state index in [-0.39, 0.29) is 11.2 Å². The molecule has 0 radical (unpaired) electrons. The Morgan fingerprint density at radius 1 is 0.854 bits per heavy atom. The van der Waals surface area contributed by atoms with E-state index in [4.69, 9.17) is 15.0 Å². The van der Waals surface area contributed by atoms with Gasteiger partial charge < -0.3 is 10.4 Å². The number of fused-ring (bicyclic) bond motifs is 5. The number of allylic oxidation sites excluding steroid dienone is 13. The van der Waals surface area contributed by atoms with Gasteiger partial charge in [-0.3, -0.25) is 0 Å². The van der Waals surface area contributed by atoms with Gasteiger partial charge in [0.05, 0.1) is 45.6 Å². The molecule has 0 amide bonds. The molecular weight excluding hydrogens is 520 g/mol. The number of hydrogen-bond donors (Lipinski definition) is 2. The third-order valence-electron chi connectivity index (χ3n) is 8.83. The average molecular weight is 563 g/mol. The Balaban J connectivity index is 1.66. The van der Waals surface area contributed by atoms with Gasteiger partial charge in [-0.2, -0.15) is 0 Å². The molecule has 0 aromatic carbocycles. The quantitative estimate of drug-likeness (QED) is 0.206. The van der Waals surface area contributed by atoms with Gasteiger partial charge in [-0.25, -0.2) is 15.0 Å². The van der Waals surface area contributed by atoms with Crippen LogP contribution in [0, 0.1) is 16.9 Å². The molecule has 5 aliphatic heterocycles. The van der Waals surface area contributed by atoms with Crippen LogP contribution < -0.4 is 5.32 Å². The molecule has 41 heavy (non-hydrogen) atoms. The minimum atomic E-state index is -1.91. The first-order valence-corrected chi connectivity index (χ1v) is 17.0. The summed E-state index contributed by atoms with van der Waals surface area (Å²) >= 11 is 0. The van der Waals surface area contributed by atoms with E-state index in [2.05, 4.69) is 84.3 Å². The van der Waals surface area contributed by atoms with Crippen molar-refractivity contribution in [2.45, 2.75) is 85.4 Å². The van der Waals surface area contributed by atoms with E-state index < -0.39 is 8.07 Å². The van der Waals surface area contributed by atoms with Crippen molar-refractivity contribution < 1.29 is 5.11 Å². The lowest BCUT2D eigenvalue weighted by molar-refractivity contribution is 0.412. The summed E-state index contributed by atoms with van der Waals surface area (Å²) in [5.74, 6) is 3.90. The maximum Gasteiger partial charge on any atom is 0.146 e. The number of nitrogens with one attached hydrogen (secondary N) is 1. The van der Waals surface area contributed by atoms with Crippen molar-refractivity contribution in [1.29, 1.82) is 0 Å². The van der Waals surface area contributed by atoms with E-state index in [0.29, 0.717) is 16.6 Å². The van der Waals surface area contributed by atoms with Gasteiger partial charge in [0.15, 0.2) is 0 Å². The molecule has 6 heteroatoms. The maximum absolute atomic E-state index is 10.4. The number of aliphatic hydroxyl groups excluding tert-OH is 1. The predicted molar refractivity (Wildman–Crippen MR) is 176 cm³/mol. The fourth-order valence-corrected chi connectivity index (χ4v) is 11.9. The smallest absolute Gasteiger partial charge is 0.146 e. The zero-order chi connectivity index (χ0) is 29.7. The Hall–Kier alpha value is -3.69. The summed E-state index contributed by atoms with van der Waals surface area (Å²) in [5, 5.41) is 14.0. The monoisotopic (exact) mass is 562 g/mol. The fraction of sp³-hybridized carbons (Fsp3) is 0.400. The van der Waals surface area contributed by atoms with Gasteiger partial charge in [-0.15, -0.1) is 5.54 Å². The van der Waals surface area contributed by atoms with Crippen LogP contribution in [0.25, 0.3) is 0 Å². The number of hydrogen-bond acceptors (Lipinski definition) is 5. The van der Waals surface area contributed by atoms with Crippen LogP contribution in [0.4, 0.5) is 0 Å². The van der Waals surface area contributed by atoms with Crippen molar-refractivity contribution in [1.82, 2.24) is 5.32 Å². The summed E-state index contributed by atoms with van der Waals surface area (Å²) in [4.78, 5) is 14.7. The normalized spacial score (nSPS) is 22.2. The Morgan fingerprint density at radius 3 is 2.22 bits per heavy atom. The summed E-state index contributed by atoms with van der Waals surface area (Å²) < 4.78 is 0. The van der Waals surface area contributed by atoms with Crippen LogP contribution >= 0.6 is 0 Å². The Labute approximate surface area is 246 Å². The van der Waals surface area contributed by atoms with E-state index in [1.54, 1.807) is 6.92 Å². The molecule has 1 saturated heterocycles. The number of nitrogens with zero attached hydrogens (tertiary/aromatic N) is 3. The Kier molecular flexibility index (Phi) is 7.46. The van der Waals surface area contributed by atoms with E-state index >= 15 is 0 Å². The third kappa shape index (κ3) is 5.48. The molecule has 0 saturated carbocycles.